The molecule has 4 heteroatoms. The fourth-order valence-corrected chi connectivity index (χ4v) is 7.44. The Morgan fingerprint density at radius 2 is 0.854 bits per heavy atom. The van der Waals surface area contributed by atoms with Crippen molar-refractivity contribution in [3.05, 3.63) is 169 Å². The fourth-order valence-electron chi connectivity index (χ4n) is 7.44. The van der Waals surface area contributed by atoms with E-state index in [1.807, 2.05) is 36.4 Å². The van der Waals surface area contributed by atoms with Crippen molar-refractivity contribution < 1.29 is 0 Å². The molecule has 9 rings (SSSR count). The minimum atomic E-state index is 0.561. The predicted octanol–water partition coefficient (Wildman–Crippen LogP) is 11.0. The van der Waals surface area contributed by atoms with E-state index >= 15 is 0 Å². The minimum absolute atomic E-state index is 0.561. The average Bonchev–Trinajstić information content (AvgIpc) is 3.67. The van der Waals surface area contributed by atoms with Gasteiger partial charge in [0.15, 0.2) is 0 Å². The van der Waals surface area contributed by atoms with Gasteiger partial charge in [0.25, 0.3) is 0 Å². The third-order valence-corrected chi connectivity index (χ3v) is 9.41. The van der Waals surface area contributed by atoms with Gasteiger partial charge in [0.05, 0.1) is 45.0 Å². The molecule has 0 aliphatic carbocycles. The smallest absolute Gasteiger partial charge is 0.101 e. The summed E-state index contributed by atoms with van der Waals surface area (Å²) in [5.41, 5.74) is 10.8. The van der Waals surface area contributed by atoms with Crippen LogP contribution in [0.4, 0.5) is 0 Å². The number of nitriles is 2. The molecule has 4 nitrogen and oxygen atoms in total. The Morgan fingerprint density at radius 1 is 0.396 bits per heavy atom. The maximum absolute atomic E-state index is 10.5. The number of hydrogen-bond donors (Lipinski definition) is 0. The highest BCUT2D eigenvalue weighted by Crippen LogP contribution is 2.43. The van der Waals surface area contributed by atoms with Crippen molar-refractivity contribution in [3.8, 4) is 45.8 Å². The summed E-state index contributed by atoms with van der Waals surface area (Å²) in [5, 5.41) is 25.7. The molecule has 0 aliphatic rings. The molecule has 0 atom stereocenters. The van der Waals surface area contributed by atoms with Crippen LogP contribution >= 0.6 is 0 Å². The Labute approximate surface area is 277 Å². The summed E-state index contributed by atoms with van der Waals surface area (Å²) in [5.74, 6) is 0. The van der Waals surface area contributed by atoms with Gasteiger partial charge in [0.2, 0.25) is 0 Å². The third kappa shape index (κ3) is 4.01. The van der Waals surface area contributed by atoms with Gasteiger partial charge in [-0.3, -0.25) is 0 Å². The predicted molar refractivity (Wildman–Crippen MR) is 195 cm³/mol. The van der Waals surface area contributed by atoms with Crippen molar-refractivity contribution in [1.82, 2.24) is 9.13 Å². The van der Waals surface area contributed by atoms with Gasteiger partial charge in [0, 0.05) is 38.4 Å². The van der Waals surface area contributed by atoms with Crippen LogP contribution < -0.4 is 0 Å². The van der Waals surface area contributed by atoms with Gasteiger partial charge in [-0.1, -0.05) is 109 Å². The molecule has 2 heterocycles. The summed E-state index contributed by atoms with van der Waals surface area (Å²) < 4.78 is 4.50. The number of fused-ring (bicyclic) bond motifs is 6. The molecular weight excluding hydrogens is 585 g/mol. The maximum atomic E-state index is 10.5. The highest BCUT2D eigenvalue weighted by Gasteiger charge is 2.22. The molecule has 0 radical (unpaired) electrons. The molecule has 0 bridgehead atoms. The van der Waals surface area contributed by atoms with Crippen LogP contribution in [0.1, 0.15) is 11.1 Å². The first kappa shape index (κ1) is 27.4. The molecule has 0 N–H and O–H groups in total. The zero-order valence-electron chi connectivity index (χ0n) is 25.8. The molecular formula is C44H26N4. The molecule has 0 saturated heterocycles. The lowest BCUT2D eigenvalue weighted by Crippen LogP contribution is -2.02. The van der Waals surface area contributed by atoms with Gasteiger partial charge in [-0.05, 0) is 59.7 Å². The van der Waals surface area contributed by atoms with E-state index in [-0.39, 0.29) is 0 Å². The van der Waals surface area contributed by atoms with Crippen molar-refractivity contribution in [2.45, 2.75) is 0 Å². The Morgan fingerprint density at radius 3 is 1.40 bits per heavy atom. The van der Waals surface area contributed by atoms with Crippen LogP contribution in [0.5, 0.6) is 0 Å². The van der Waals surface area contributed by atoms with E-state index in [1.165, 1.54) is 10.8 Å². The van der Waals surface area contributed by atoms with Crippen LogP contribution in [0.15, 0.2) is 158 Å². The highest BCUT2D eigenvalue weighted by atomic mass is 15.0. The monoisotopic (exact) mass is 610 g/mol. The quantitative estimate of drug-likeness (QED) is 0.199. The number of para-hydroxylation sites is 5. The van der Waals surface area contributed by atoms with Gasteiger partial charge in [0.1, 0.15) is 6.07 Å². The van der Waals surface area contributed by atoms with Crippen LogP contribution in [0.3, 0.4) is 0 Å². The van der Waals surface area contributed by atoms with E-state index in [9.17, 15) is 10.5 Å². The first-order chi connectivity index (χ1) is 23.8. The Hall–Kier alpha value is -6.88. The lowest BCUT2D eigenvalue weighted by atomic mass is 9.89. The van der Waals surface area contributed by atoms with E-state index < -0.39 is 0 Å². The van der Waals surface area contributed by atoms with Crippen molar-refractivity contribution in [2.24, 2.45) is 0 Å². The van der Waals surface area contributed by atoms with Gasteiger partial charge in [-0.15, -0.1) is 0 Å². The van der Waals surface area contributed by atoms with Crippen LogP contribution in [0, 0.1) is 22.7 Å². The van der Waals surface area contributed by atoms with E-state index in [2.05, 4.69) is 143 Å². The number of rotatable bonds is 4. The number of nitrogens with zero attached hydrogens (tertiary/aromatic N) is 4. The van der Waals surface area contributed by atoms with Crippen molar-refractivity contribution in [3.63, 3.8) is 0 Å². The van der Waals surface area contributed by atoms with Crippen molar-refractivity contribution >= 4 is 43.6 Å². The summed E-state index contributed by atoms with van der Waals surface area (Å²) in [6.07, 6.45) is 0. The average molecular weight is 611 g/mol. The molecule has 48 heavy (non-hydrogen) atoms. The number of hydrogen-bond acceptors (Lipinski definition) is 2. The van der Waals surface area contributed by atoms with Gasteiger partial charge in [-0.2, -0.15) is 10.5 Å². The lowest BCUT2D eigenvalue weighted by Gasteiger charge is -2.19. The van der Waals surface area contributed by atoms with Gasteiger partial charge >= 0.3 is 0 Å². The van der Waals surface area contributed by atoms with E-state index in [1.54, 1.807) is 0 Å². The zero-order valence-corrected chi connectivity index (χ0v) is 25.8. The molecule has 222 valence electrons. The minimum Gasteiger partial charge on any atom is -0.309 e. The normalized spacial score (nSPS) is 11.3. The maximum Gasteiger partial charge on any atom is 0.101 e. The lowest BCUT2D eigenvalue weighted by molar-refractivity contribution is 1.17. The Balaban J connectivity index is 1.33. The topological polar surface area (TPSA) is 57.4 Å². The second-order valence-corrected chi connectivity index (χ2v) is 11.9. The van der Waals surface area contributed by atoms with Crippen LogP contribution in [0.2, 0.25) is 0 Å². The second-order valence-electron chi connectivity index (χ2n) is 11.9. The van der Waals surface area contributed by atoms with Gasteiger partial charge in [-0.25, -0.2) is 0 Å². The molecule has 0 unspecified atom stereocenters. The molecule has 0 aliphatic heterocycles. The molecule has 0 amide bonds. The van der Waals surface area contributed by atoms with Gasteiger partial charge < -0.3 is 9.13 Å². The Kier molecular flexibility index (Phi) is 6.22. The van der Waals surface area contributed by atoms with E-state index in [4.69, 9.17) is 0 Å². The molecule has 7 aromatic carbocycles. The highest BCUT2D eigenvalue weighted by molar-refractivity contribution is 6.11. The summed E-state index contributed by atoms with van der Waals surface area (Å²) in [7, 11) is 0. The second kappa shape index (κ2) is 10.9. The van der Waals surface area contributed by atoms with Crippen LogP contribution in [-0.4, -0.2) is 9.13 Å². The molecule has 9 aromatic rings. The molecule has 0 spiro atoms. The van der Waals surface area contributed by atoms with Crippen molar-refractivity contribution in [1.29, 1.82) is 10.5 Å². The Bertz CT molecular complexity index is 2710. The molecule has 0 saturated carbocycles. The summed E-state index contributed by atoms with van der Waals surface area (Å²) in [6.45, 7) is 0. The van der Waals surface area contributed by atoms with Crippen molar-refractivity contribution in [2.75, 3.05) is 0 Å². The van der Waals surface area contributed by atoms with E-state index in [0.29, 0.717) is 11.1 Å². The zero-order chi connectivity index (χ0) is 32.2. The first-order valence-corrected chi connectivity index (χ1v) is 15.9. The SMILES string of the molecule is N#Cc1cccc(-c2cccc(C#N)c2-n2c3ccccc3c3ccccc32)c1-c1cccc(-n2c3ccccc3c3ccccc32)c1. The summed E-state index contributed by atoms with van der Waals surface area (Å²) >= 11 is 0. The van der Waals surface area contributed by atoms with E-state index in [0.717, 1.165) is 66.5 Å². The largest absolute Gasteiger partial charge is 0.309 e. The first-order valence-electron chi connectivity index (χ1n) is 15.9. The standard InChI is InChI=1S/C44H26N4/c45-27-30-13-10-20-37(38-21-11-14-31(28-46)44(38)48-41-24-7-3-18-35(41)36-19-4-8-25-42(36)48)43(30)29-12-9-15-32(26-29)47-39-22-5-1-16-33(39)34-17-2-6-23-40(34)47/h1-26H. The number of aromatic nitrogens is 2. The third-order valence-electron chi connectivity index (χ3n) is 9.41. The number of benzene rings is 7. The van der Waals surface area contributed by atoms with Crippen LogP contribution in [-0.2, 0) is 0 Å². The fraction of sp³-hybridized carbons (Fsp3) is 0. The molecule has 2 aromatic heterocycles. The summed E-state index contributed by atoms with van der Waals surface area (Å²) in [6, 6.07) is 58.7. The summed E-state index contributed by atoms with van der Waals surface area (Å²) in [4.78, 5) is 0. The molecule has 0 fully saturated rings. The van der Waals surface area contributed by atoms with Crippen LogP contribution in [0.25, 0.3) is 77.2 Å².